The van der Waals surface area contributed by atoms with Crippen LogP contribution in [0.3, 0.4) is 0 Å². The molecule has 0 spiro atoms. The van der Waals surface area contributed by atoms with Crippen LogP contribution in [0.2, 0.25) is 0 Å². The zero-order chi connectivity index (χ0) is 20.8. The number of rotatable bonds is 1. The van der Waals surface area contributed by atoms with Crippen molar-refractivity contribution in [1.82, 2.24) is 0 Å². The molecule has 0 heteroatoms. The first kappa shape index (κ1) is 16.5. The van der Waals surface area contributed by atoms with Gasteiger partial charge in [0.15, 0.2) is 0 Å². The zero-order valence-corrected chi connectivity index (χ0v) is 17.4. The highest BCUT2D eigenvalue weighted by molar-refractivity contribution is 6.45. The van der Waals surface area contributed by atoms with Gasteiger partial charge < -0.3 is 0 Å². The molecular weight excluding hydrogens is 384 g/mol. The Kier molecular flexibility index (Phi) is 2.97. The summed E-state index contributed by atoms with van der Waals surface area (Å²) in [5, 5.41) is 16.4. The molecule has 0 bridgehead atoms. The summed E-state index contributed by atoms with van der Waals surface area (Å²) in [6.45, 7) is 0. The third-order valence-corrected chi connectivity index (χ3v) is 7.30. The van der Waals surface area contributed by atoms with Gasteiger partial charge >= 0.3 is 0 Å². The normalized spacial score (nSPS) is 12.4. The average molecular weight is 402 g/mol. The van der Waals surface area contributed by atoms with Crippen LogP contribution in [-0.2, 0) is 0 Å². The molecule has 0 amide bonds. The van der Waals surface area contributed by atoms with Crippen molar-refractivity contribution in [2.24, 2.45) is 0 Å². The third-order valence-electron chi connectivity index (χ3n) is 7.30. The zero-order valence-electron chi connectivity index (χ0n) is 17.4. The minimum absolute atomic E-state index is 1.27. The molecule has 0 N–H and O–H groups in total. The van der Waals surface area contributed by atoms with E-state index in [1.54, 1.807) is 0 Å². The summed E-state index contributed by atoms with van der Waals surface area (Å²) in [6.07, 6.45) is 0. The highest BCUT2D eigenvalue weighted by Crippen LogP contribution is 2.49. The molecule has 0 saturated carbocycles. The fourth-order valence-corrected chi connectivity index (χ4v) is 6.03. The van der Waals surface area contributed by atoms with Crippen LogP contribution in [0.15, 0.2) is 109 Å². The second-order valence-corrected chi connectivity index (χ2v) is 8.92. The lowest BCUT2D eigenvalue weighted by atomic mass is 9.96. The van der Waals surface area contributed by atoms with E-state index in [9.17, 15) is 0 Å². The maximum Gasteiger partial charge on any atom is -0.000784 e. The van der Waals surface area contributed by atoms with Crippen molar-refractivity contribution < 1.29 is 0 Å². The van der Waals surface area contributed by atoms with Crippen LogP contribution in [0.25, 0.3) is 75.8 Å². The van der Waals surface area contributed by atoms with E-state index in [0.717, 1.165) is 0 Å². The maximum absolute atomic E-state index is 2.44. The van der Waals surface area contributed by atoms with Crippen molar-refractivity contribution in [3.05, 3.63) is 109 Å². The van der Waals surface area contributed by atoms with Gasteiger partial charge in [0.25, 0.3) is 0 Å². The molecule has 146 valence electrons. The van der Waals surface area contributed by atoms with Gasteiger partial charge in [-0.05, 0) is 94.0 Å². The predicted octanol–water partition coefficient (Wildman–Crippen LogP) is 9.15. The summed E-state index contributed by atoms with van der Waals surface area (Å²) in [5.74, 6) is 0. The fourth-order valence-electron chi connectivity index (χ4n) is 6.03. The molecule has 0 aliphatic carbocycles. The van der Waals surface area contributed by atoms with Gasteiger partial charge in [-0.1, -0.05) is 91.0 Å². The van der Waals surface area contributed by atoms with E-state index in [1.165, 1.54) is 75.8 Å². The van der Waals surface area contributed by atoms with Crippen LogP contribution in [0, 0.1) is 0 Å². The van der Waals surface area contributed by atoms with Gasteiger partial charge in [0.05, 0.1) is 0 Å². The van der Waals surface area contributed by atoms with Crippen LogP contribution in [0.4, 0.5) is 0 Å². The molecule has 32 heavy (non-hydrogen) atoms. The molecule has 8 rings (SSSR count). The quantitative estimate of drug-likeness (QED) is 0.257. The van der Waals surface area contributed by atoms with Crippen LogP contribution >= 0.6 is 0 Å². The Bertz CT molecular complexity index is 1950. The highest BCUT2D eigenvalue weighted by atomic mass is 14.2. The molecule has 8 aromatic carbocycles. The van der Waals surface area contributed by atoms with E-state index in [1.807, 2.05) is 0 Å². The van der Waals surface area contributed by atoms with E-state index < -0.39 is 0 Å². The Morgan fingerprint density at radius 3 is 1.78 bits per heavy atom. The summed E-state index contributed by atoms with van der Waals surface area (Å²) in [7, 11) is 0. The van der Waals surface area contributed by atoms with Crippen molar-refractivity contribution >= 4 is 64.6 Å². The second-order valence-electron chi connectivity index (χ2n) is 8.92. The Hall–Kier alpha value is -4.16. The molecule has 0 nitrogen and oxygen atoms in total. The van der Waals surface area contributed by atoms with Crippen molar-refractivity contribution in [3.63, 3.8) is 0 Å². The first-order chi connectivity index (χ1) is 15.9. The molecule has 0 heterocycles. The van der Waals surface area contributed by atoms with E-state index in [0.29, 0.717) is 0 Å². The van der Waals surface area contributed by atoms with Gasteiger partial charge in [-0.2, -0.15) is 0 Å². The van der Waals surface area contributed by atoms with Gasteiger partial charge in [-0.25, -0.2) is 0 Å². The minimum Gasteiger partial charge on any atom is -0.0622 e. The maximum atomic E-state index is 2.44. The molecule has 0 radical (unpaired) electrons. The Morgan fingerprint density at radius 2 is 0.938 bits per heavy atom. The molecule has 0 aliphatic heterocycles. The van der Waals surface area contributed by atoms with Gasteiger partial charge in [-0.15, -0.1) is 0 Å². The monoisotopic (exact) mass is 402 g/mol. The summed E-state index contributed by atoms with van der Waals surface area (Å²) >= 11 is 0. The van der Waals surface area contributed by atoms with Gasteiger partial charge in [0, 0.05) is 0 Å². The molecule has 0 unspecified atom stereocenters. The van der Waals surface area contributed by atoms with Crippen LogP contribution in [0.5, 0.6) is 0 Å². The van der Waals surface area contributed by atoms with Crippen molar-refractivity contribution in [3.8, 4) is 11.1 Å². The van der Waals surface area contributed by atoms with Crippen LogP contribution in [-0.4, -0.2) is 0 Å². The topological polar surface area (TPSA) is 0 Å². The first-order valence-corrected chi connectivity index (χ1v) is 11.2. The van der Waals surface area contributed by atoms with Crippen molar-refractivity contribution in [2.75, 3.05) is 0 Å². The largest absolute Gasteiger partial charge is 0.0622 e. The lowest BCUT2D eigenvalue weighted by molar-refractivity contribution is 1.66. The SMILES string of the molecule is c1ccc(-c2cc3cc4c5cccc6cccc(c65)c4c4c5ccccc5c(c2)c34)cc1. The van der Waals surface area contributed by atoms with E-state index in [4.69, 9.17) is 0 Å². The highest BCUT2D eigenvalue weighted by Gasteiger charge is 2.20. The lowest BCUT2D eigenvalue weighted by Gasteiger charge is -2.07. The van der Waals surface area contributed by atoms with Crippen molar-refractivity contribution in [2.45, 2.75) is 0 Å². The third kappa shape index (κ3) is 1.93. The lowest BCUT2D eigenvalue weighted by Crippen LogP contribution is -1.80. The van der Waals surface area contributed by atoms with E-state index in [2.05, 4.69) is 109 Å². The summed E-state index contributed by atoms with van der Waals surface area (Å²) in [6, 6.07) is 40.4. The van der Waals surface area contributed by atoms with Gasteiger partial charge in [-0.3, -0.25) is 0 Å². The van der Waals surface area contributed by atoms with Crippen LogP contribution in [0.1, 0.15) is 0 Å². The Morgan fingerprint density at radius 1 is 0.281 bits per heavy atom. The molecule has 0 saturated heterocycles. The molecule has 0 aromatic heterocycles. The Labute approximate surface area is 185 Å². The minimum atomic E-state index is 1.27. The number of fused-ring (bicyclic) bond motifs is 7. The summed E-state index contributed by atoms with van der Waals surface area (Å²) in [5.41, 5.74) is 2.55. The van der Waals surface area contributed by atoms with E-state index >= 15 is 0 Å². The predicted molar refractivity (Wildman–Crippen MR) is 139 cm³/mol. The number of hydrogen-bond donors (Lipinski definition) is 0. The molecule has 8 aromatic rings. The van der Waals surface area contributed by atoms with Gasteiger partial charge in [0.1, 0.15) is 0 Å². The first-order valence-electron chi connectivity index (χ1n) is 11.2. The van der Waals surface area contributed by atoms with Crippen molar-refractivity contribution in [1.29, 1.82) is 0 Å². The number of benzene rings is 6. The smallest absolute Gasteiger partial charge is 0.000784 e. The second kappa shape index (κ2) is 5.75. The molecule has 0 fully saturated rings. The van der Waals surface area contributed by atoms with Crippen LogP contribution < -0.4 is 0 Å². The van der Waals surface area contributed by atoms with Gasteiger partial charge in [0.2, 0.25) is 0 Å². The molecular formula is C32H18. The van der Waals surface area contributed by atoms with E-state index in [-0.39, 0.29) is 0 Å². The molecule has 0 atom stereocenters. The average Bonchev–Trinajstić information content (AvgIpc) is 3.36. The summed E-state index contributed by atoms with van der Waals surface area (Å²) in [4.78, 5) is 0. The molecule has 0 aliphatic rings. The fraction of sp³-hybridized carbons (Fsp3) is 0. The summed E-state index contributed by atoms with van der Waals surface area (Å²) < 4.78 is 0. The number of hydrogen-bond acceptors (Lipinski definition) is 0. The Balaban J connectivity index is 1.71. The standard InChI is InChI=1S/C32H18/c1-2-8-19(9-3-1)21-16-22-18-28-25-14-6-10-20-11-7-15-26(29(20)25)31(28)32-24-13-5-4-12-23(24)27(17-21)30(22)32/h1-18H.